The van der Waals surface area contributed by atoms with Crippen LogP contribution in [0.2, 0.25) is 0 Å². The van der Waals surface area contributed by atoms with Crippen molar-refractivity contribution < 1.29 is 147 Å². The fraction of sp³-hybridized carbons (Fsp3) is 0.935. The molecule has 3 aliphatic rings. The van der Waals surface area contributed by atoms with Gasteiger partial charge in [-0.25, -0.2) is 0 Å². The molecule has 3 rings (SSSR count). The van der Waals surface area contributed by atoms with Gasteiger partial charge in [0.2, 0.25) is 17.7 Å². The molecule has 0 aliphatic carbocycles. The lowest BCUT2D eigenvalue weighted by Gasteiger charge is -2.39. The van der Waals surface area contributed by atoms with Gasteiger partial charge in [-0.1, -0.05) is 206 Å². The second-order valence-corrected chi connectivity index (χ2v) is 34.7. The highest BCUT2D eigenvalue weighted by atomic mass is 16.7. The lowest BCUT2D eigenvalue weighted by Crippen LogP contribution is -2.59. The Morgan fingerprint density at radius 2 is 0.750 bits per heavy atom. The number of aliphatic hydroxyl groups excluding tert-OH is 12. The molecule has 3 saturated heterocycles. The van der Waals surface area contributed by atoms with Gasteiger partial charge in [0.25, 0.3) is 0 Å². The number of esters is 1. The molecule has 35 heteroatoms. The number of ketones is 1. The van der Waals surface area contributed by atoms with Crippen LogP contribution >= 0.6 is 0 Å². The van der Waals surface area contributed by atoms with E-state index < -0.39 is 136 Å². The Balaban J connectivity index is 1.55. The van der Waals surface area contributed by atoms with Crippen molar-refractivity contribution in [2.24, 2.45) is 0 Å². The molecule has 35 nitrogen and oxygen atoms in total. The molecule has 3 amide bonds. The fourth-order valence-electron chi connectivity index (χ4n) is 15.4. The Bertz CT molecular complexity index is 2690. The molecule has 16 unspecified atom stereocenters. The number of carbonyl (C=O) groups excluding carboxylic acids is 6. The first-order valence-electron chi connectivity index (χ1n) is 49.5. The van der Waals surface area contributed by atoms with E-state index in [1.807, 2.05) is 0 Å². The molecule has 3 aliphatic heterocycles. The first kappa shape index (κ1) is 118. The van der Waals surface area contributed by atoms with Crippen molar-refractivity contribution in [2.45, 2.75) is 426 Å². The number of carbonyl (C=O) groups is 6. The molecule has 0 bridgehead atoms. The maximum atomic E-state index is 14.8. The maximum absolute atomic E-state index is 14.8. The molecule has 16 N–H and O–H groups in total. The Morgan fingerprint density at radius 3 is 1.21 bits per heavy atom. The molecule has 0 aromatic rings. The topological polar surface area (TPSA) is 507 Å². The largest absolute Gasteiger partial charge is 0.463 e. The summed E-state index contributed by atoms with van der Waals surface area (Å²) < 4.78 is 62.5. The molecule has 17 atom stereocenters. The van der Waals surface area contributed by atoms with Gasteiger partial charge in [-0.3, -0.25) is 28.8 Å². The van der Waals surface area contributed by atoms with Gasteiger partial charge in [0.1, 0.15) is 97.8 Å². The lowest BCUT2D eigenvalue weighted by atomic mass is 9.99. The van der Waals surface area contributed by atoms with Crippen LogP contribution < -0.4 is 21.4 Å². The number of nitrogens with one attached hydrogen (secondary N) is 4. The third-order valence-corrected chi connectivity index (χ3v) is 23.5. The minimum absolute atomic E-state index is 0.000434. The summed E-state index contributed by atoms with van der Waals surface area (Å²) in [4.78, 5) is 87.2. The summed E-state index contributed by atoms with van der Waals surface area (Å²) in [5.41, 5.74) is 2.62. The van der Waals surface area contributed by atoms with Crippen LogP contribution in [0, 0.1) is 0 Å². The highest BCUT2D eigenvalue weighted by Gasteiger charge is 2.46. The number of ether oxygens (including phenoxy) is 11. The van der Waals surface area contributed by atoms with Gasteiger partial charge >= 0.3 is 11.9 Å². The Morgan fingerprint density at radius 1 is 0.352 bits per heavy atom. The molecule has 0 radical (unpaired) electrons. The standard InChI is InChI=1S/C93H175N5O30/c1-3-5-7-9-11-13-15-17-19-21-23-25-27-29-31-36-56-119-69-72(120-58-37-32-30-28-26-24-22-20-18-16-14-12-10-8-6-4-2)70-124-79(105)49-42-57-117-63-64-118-62-50-78(104)97-73(46-41-53-96-128-80(106)48-35-40-61-123-93-89(115)86(112)83(109)76(68-101)127-93)90(116)98(55-44-52-95-77(103)47-34-39-60-122-92-88(114)85(111)82(108)75(67-100)126-92)54-43-51-94-65-71(102)45-33-38-59-121-91-87(113)84(110)81(107)74(66-99)125-91/h72-76,81-89,91-94,96,99-101,107-115H,3-70H2,1-2H3,(H,95,103)(H,97,104)/t72?,73-,74?,75?,76?,81?,82?,83?,84?,85?,86?,87?,88?,89?,91?,92?,93?/m0/s1. The Kier molecular flexibility index (Phi) is 73.2. The Hall–Kier alpha value is -3.94. The van der Waals surface area contributed by atoms with Gasteiger partial charge in [-0.15, -0.1) is 0 Å². The first-order chi connectivity index (χ1) is 62.2. The van der Waals surface area contributed by atoms with E-state index in [1.54, 1.807) is 4.90 Å². The molecular weight excluding hydrogens is 1670 g/mol. The molecule has 0 aromatic heterocycles. The second-order valence-electron chi connectivity index (χ2n) is 34.7. The van der Waals surface area contributed by atoms with Gasteiger partial charge in [-0.05, 0) is 90.0 Å². The fourth-order valence-corrected chi connectivity index (χ4v) is 15.4. The highest BCUT2D eigenvalue weighted by Crippen LogP contribution is 2.27. The molecule has 128 heavy (non-hydrogen) atoms. The summed E-state index contributed by atoms with van der Waals surface area (Å²) in [5.74, 6) is -2.34. The van der Waals surface area contributed by atoms with E-state index in [4.69, 9.17) is 56.9 Å². The van der Waals surface area contributed by atoms with Gasteiger partial charge in [-0.2, -0.15) is 5.48 Å². The van der Waals surface area contributed by atoms with E-state index in [0.29, 0.717) is 71.3 Å². The minimum atomic E-state index is -1.61. The molecule has 0 spiro atoms. The number of rotatable bonds is 87. The number of hydrogen-bond donors (Lipinski definition) is 16. The number of hydroxylamine groups is 1. The van der Waals surface area contributed by atoms with E-state index >= 15 is 0 Å². The maximum Gasteiger partial charge on any atom is 0.324 e. The van der Waals surface area contributed by atoms with Crippen LogP contribution in [0.15, 0.2) is 0 Å². The number of amides is 3. The minimum Gasteiger partial charge on any atom is -0.463 e. The average molecular weight is 1840 g/mol. The predicted molar refractivity (Wildman–Crippen MR) is 479 cm³/mol. The van der Waals surface area contributed by atoms with Crippen LogP contribution in [0.3, 0.4) is 0 Å². The summed E-state index contributed by atoms with van der Waals surface area (Å²) in [6.07, 6.45) is 23.2. The van der Waals surface area contributed by atoms with E-state index in [2.05, 4.69) is 35.3 Å². The predicted octanol–water partition coefficient (Wildman–Crippen LogP) is 6.81. The molecule has 752 valence electrons. The van der Waals surface area contributed by atoms with Gasteiger partial charge < -0.3 is 139 Å². The summed E-state index contributed by atoms with van der Waals surface area (Å²) in [5, 5.41) is 129. The zero-order valence-corrected chi connectivity index (χ0v) is 78.1. The zero-order chi connectivity index (χ0) is 93.3. The van der Waals surface area contributed by atoms with Crippen molar-refractivity contribution in [3.63, 3.8) is 0 Å². The van der Waals surface area contributed by atoms with Crippen molar-refractivity contribution in [2.75, 3.05) is 132 Å². The van der Waals surface area contributed by atoms with Crippen LogP contribution in [-0.2, 0) is 85.7 Å². The third kappa shape index (κ3) is 57.1. The normalized spacial score (nSPS) is 22.9. The van der Waals surface area contributed by atoms with Crippen molar-refractivity contribution in [3.05, 3.63) is 0 Å². The van der Waals surface area contributed by atoms with Crippen molar-refractivity contribution >= 4 is 35.4 Å². The summed E-state index contributed by atoms with van der Waals surface area (Å²) >= 11 is 0. The van der Waals surface area contributed by atoms with E-state index in [9.17, 15) is 90.0 Å². The summed E-state index contributed by atoms with van der Waals surface area (Å²) in [6.45, 7) is 5.77. The molecule has 3 heterocycles. The number of nitrogens with zero attached hydrogens (tertiary/aromatic N) is 1. The van der Waals surface area contributed by atoms with E-state index in [-0.39, 0.29) is 167 Å². The number of aliphatic hydroxyl groups is 12. The molecule has 0 aromatic carbocycles. The summed E-state index contributed by atoms with van der Waals surface area (Å²) in [6, 6.07) is -1.10. The van der Waals surface area contributed by atoms with Crippen molar-refractivity contribution in [1.82, 2.24) is 26.3 Å². The summed E-state index contributed by atoms with van der Waals surface area (Å²) in [7, 11) is 0. The van der Waals surface area contributed by atoms with Crippen LogP contribution in [0.1, 0.15) is 322 Å². The number of hydrogen-bond acceptors (Lipinski definition) is 32. The van der Waals surface area contributed by atoms with Crippen molar-refractivity contribution in [1.29, 1.82) is 0 Å². The first-order valence-corrected chi connectivity index (χ1v) is 49.5. The van der Waals surface area contributed by atoms with Gasteiger partial charge in [0.05, 0.1) is 52.8 Å². The zero-order valence-electron chi connectivity index (χ0n) is 78.1. The monoisotopic (exact) mass is 1840 g/mol. The highest BCUT2D eigenvalue weighted by molar-refractivity contribution is 5.87. The second kappa shape index (κ2) is 79.3. The number of Topliss-reactive ketones (excluding diaryl/α,β-unsaturated/α-hetero) is 1. The lowest BCUT2D eigenvalue weighted by molar-refractivity contribution is -0.301. The van der Waals surface area contributed by atoms with Gasteiger partial charge in [0, 0.05) is 97.9 Å². The quantitative estimate of drug-likeness (QED) is 0.0169. The van der Waals surface area contributed by atoms with Gasteiger partial charge in [0.15, 0.2) is 18.9 Å². The van der Waals surface area contributed by atoms with Crippen molar-refractivity contribution in [3.8, 4) is 0 Å². The van der Waals surface area contributed by atoms with Crippen LogP contribution in [0.4, 0.5) is 0 Å². The molecular formula is C93H175N5O30. The van der Waals surface area contributed by atoms with Crippen LogP contribution in [0.25, 0.3) is 0 Å². The SMILES string of the molecule is CCCCCCCCCCCCCCCCCCOCC(COC(=O)CCCOCCOCCC(=O)N[C@@H](CCCNOC(=O)CCCCOC1OC(CO)C(O)C(O)C1O)C(=O)N(CCCNCC(=O)CCCCOC1OC(CO)C(O)C(O)C1O)CCCNC(=O)CCCCOC1OC(CO)C(O)C(O)C1O)OCCCCCCCCCCCCCCCCCC. The van der Waals surface area contributed by atoms with E-state index in [1.165, 1.54) is 180 Å². The van der Waals surface area contributed by atoms with E-state index in [0.717, 1.165) is 25.7 Å². The third-order valence-electron chi connectivity index (χ3n) is 23.5. The van der Waals surface area contributed by atoms with Crippen LogP contribution in [0.5, 0.6) is 0 Å². The molecule has 3 fully saturated rings. The smallest absolute Gasteiger partial charge is 0.324 e. The average Bonchev–Trinajstić information content (AvgIpc) is 0.832. The molecule has 0 saturated carbocycles. The van der Waals surface area contributed by atoms with Crippen LogP contribution in [-0.4, -0.2) is 338 Å². The Labute approximate surface area is 763 Å². The number of unbranched alkanes of at least 4 members (excludes halogenated alkanes) is 33.